The molecule has 24 heavy (non-hydrogen) atoms. The number of aliphatic carboxylic acids is 1. The van der Waals surface area contributed by atoms with Crippen LogP contribution in [-0.4, -0.2) is 58.0 Å². The van der Waals surface area contributed by atoms with E-state index >= 15 is 0 Å². The summed E-state index contributed by atoms with van der Waals surface area (Å²) in [5, 5.41) is 9.27. The third kappa shape index (κ3) is 2.95. The summed E-state index contributed by atoms with van der Waals surface area (Å²) in [6.07, 6.45) is 0.925. The topological polar surface area (TPSA) is 86.6 Å². The Hall–Kier alpha value is -2.18. The average molecular weight is 332 g/mol. The van der Waals surface area contributed by atoms with Crippen molar-refractivity contribution >= 4 is 17.7 Å². The van der Waals surface area contributed by atoms with Gasteiger partial charge in [0.15, 0.2) is 0 Å². The maximum atomic E-state index is 12.5. The van der Waals surface area contributed by atoms with Gasteiger partial charge in [0.25, 0.3) is 0 Å². The van der Waals surface area contributed by atoms with Gasteiger partial charge in [0.05, 0.1) is 0 Å². The van der Waals surface area contributed by atoms with Crippen molar-refractivity contribution in [1.82, 2.24) is 14.9 Å². The minimum absolute atomic E-state index is 0.226. The standard InChI is InChI=1S/C17H24N4O3/c1-11(2)14-18-12(3)10-13(19-14)20-6-8-21(9-7-20)15(22)17(4-5-17)16(23)24/h10-11H,4-9H2,1-3H3,(H,23,24). The summed E-state index contributed by atoms with van der Waals surface area (Å²) in [4.78, 5) is 36.7. The second-order valence-corrected chi connectivity index (χ2v) is 7.05. The molecule has 2 fully saturated rings. The van der Waals surface area contributed by atoms with Crippen LogP contribution in [-0.2, 0) is 9.59 Å². The normalized spacial score (nSPS) is 19.5. The minimum atomic E-state index is -1.14. The summed E-state index contributed by atoms with van der Waals surface area (Å²) in [5.41, 5.74) is -0.205. The first-order valence-corrected chi connectivity index (χ1v) is 8.47. The van der Waals surface area contributed by atoms with Crippen molar-refractivity contribution in [3.63, 3.8) is 0 Å². The molecule has 1 N–H and O–H groups in total. The van der Waals surface area contributed by atoms with E-state index in [0.29, 0.717) is 39.0 Å². The van der Waals surface area contributed by atoms with Gasteiger partial charge >= 0.3 is 5.97 Å². The minimum Gasteiger partial charge on any atom is -0.480 e. The van der Waals surface area contributed by atoms with E-state index in [1.165, 1.54) is 0 Å². The third-order valence-electron chi connectivity index (χ3n) is 4.83. The van der Waals surface area contributed by atoms with Gasteiger partial charge in [-0.05, 0) is 19.8 Å². The maximum Gasteiger partial charge on any atom is 0.319 e. The highest BCUT2D eigenvalue weighted by atomic mass is 16.4. The van der Waals surface area contributed by atoms with Gasteiger partial charge in [0.1, 0.15) is 17.1 Å². The van der Waals surface area contributed by atoms with E-state index in [2.05, 4.69) is 28.7 Å². The lowest BCUT2D eigenvalue weighted by molar-refractivity contribution is -0.153. The maximum absolute atomic E-state index is 12.5. The fourth-order valence-electron chi connectivity index (χ4n) is 3.08. The SMILES string of the molecule is Cc1cc(N2CCN(C(=O)C3(C(=O)O)CC3)CC2)nc(C(C)C)n1. The number of aromatic nitrogens is 2. The molecule has 1 aromatic heterocycles. The number of carbonyl (C=O) groups excluding carboxylic acids is 1. The Labute approximate surface area is 141 Å². The van der Waals surface area contributed by atoms with E-state index in [1.807, 2.05) is 13.0 Å². The molecule has 0 spiro atoms. The second kappa shape index (κ2) is 6.03. The monoisotopic (exact) mass is 332 g/mol. The fraction of sp³-hybridized carbons (Fsp3) is 0.647. The van der Waals surface area contributed by atoms with Gasteiger partial charge in [-0.3, -0.25) is 9.59 Å². The number of anilines is 1. The van der Waals surface area contributed by atoms with Crippen molar-refractivity contribution in [2.45, 2.75) is 39.5 Å². The van der Waals surface area contributed by atoms with Crippen molar-refractivity contribution < 1.29 is 14.7 Å². The zero-order chi connectivity index (χ0) is 17.5. The van der Waals surface area contributed by atoms with E-state index < -0.39 is 11.4 Å². The first-order chi connectivity index (χ1) is 11.3. The molecule has 130 valence electrons. The Morgan fingerprint density at radius 1 is 1.17 bits per heavy atom. The summed E-state index contributed by atoms with van der Waals surface area (Å²) in [6.45, 7) is 8.49. The molecule has 3 rings (SSSR count). The number of rotatable bonds is 4. The Balaban J connectivity index is 1.67. The average Bonchev–Trinajstić information content (AvgIpc) is 3.35. The molecule has 1 aliphatic heterocycles. The van der Waals surface area contributed by atoms with Crippen LogP contribution in [0, 0.1) is 12.3 Å². The Kier molecular flexibility index (Phi) is 4.19. The lowest BCUT2D eigenvalue weighted by Crippen LogP contribution is -2.52. The molecule has 0 radical (unpaired) electrons. The third-order valence-corrected chi connectivity index (χ3v) is 4.83. The molecule has 0 bridgehead atoms. The zero-order valence-corrected chi connectivity index (χ0v) is 14.4. The van der Waals surface area contributed by atoms with Crippen LogP contribution in [0.5, 0.6) is 0 Å². The highest BCUT2D eigenvalue weighted by molar-refractivity contribution is 6.04. The van der Waals surface area contributed by atoms with Gasteiger partial charge in [-0.15, -0.1) is 0 Å². The van der Waals surface area contributed by atoms with Crippen LogP contribution in [0.15, 0.2) is 6.07 Å². The molecule has 1 amide bonds. The van der Waals surface area contributed by atoms with Gasteiger partial charge in [-0.25, -0.2) is 9.97 Å². The number of carbonyl (C=O) groups is 2. The van der Waals surface area contributed by atoms with Crippen LogP contribution >= 0.6 is 0 Å². The summed E-state index contributed by atoms with van der Waals surface area (Å²) < 4.78 is 0. The molecule has 1 saturated heterocycles. The number of carboxylic acids is 1. The number of hydrogen-bond acceptors (Lipinski definition) is 5. The molecule has 1 aromatic rings. The summed E-state index contributed by atoms with van der Waals surface area (Å²) in [6, 6.07) is 1.96. The molecular formula is C17H24N4O3. The Morgan fingerprint density at radius 3 is 2.29 bits per heavy atom. The Morgan fingerprint density at radius 2 is 1.79 bits per heavy atom. The van der Waals surface area contributed by atoms with Gasteiger partial charge < -0.3 is 14.9 Å². The predicted octanol–water partition coefficient (Wildman–Crippen LogP) is 1.42. The second-order valence-electron chi connectivity index (χ2n) is 7.05. The molecular weight excluding hydrogens is 308 g/mol. The number of nitrogens with zero attached hydrogens (tertiary/aromatic N) is 4. The fourth-order valence-corrected chi connectivity index (χ4v) is 3.08. The molecule has 2 heterocycles. The first-order valence-electron chi connectivity index (χ1n) is 8.47. The van der Waals surface area contributed by atoms with Crippen molar-refractivity contribution in [3.05, 3.63) is 17.6 Å². The van der Waals surface area contributed by atoms with Gasteiger partial charge in [0, 0.05) is 43.9 Å². The largest absolute Gasteiger partial charge is 0.480 e. The van der Waals surface area contributed by atoms with Gasteiger partial charge in [-0.1, -0.05) is 13.8 Å². The van der Waals surface area contributed by atoms with E-state index in [-0.39, 0.29) is 11.8 Å². The van der Waals surface area contributed by atoms with E-state index in [9.17, 15) is 14.7 Å². The summed E-state index contributed by atoms with van der Waals surface area (Å²) in [7, 11) is 0. The van der Waals surface area contributed by atoms with E-state index in [1.54, 1.807) is 4.90 Å². The highest BCUT2D eigenvalue weighted by Gasteiger charge is 2.58. The quantitative estimate of drug-likeness (QED) is 0.839. The van der Waals surface area contributed by atoms with Crippen LogP contribution in [0.1, 0.15) is 44.1 Å². The van der Waals surface area contributed by atoms with Crippen molar-refractivity contribution in [2.24, 2.45) is 5.41 Å². The number of hydrogen-bond donors (Lipinski definition) is 1. The van der Waals surface area contributed by atoms with Crippen molar-refractivity contribution in [3.8, 4) is 0 Å². The van der Waals surface area contributed by atoms with Gasteiger partial charge in [0.2, 0.25) is 5.91 Å². The highest BCUT2D eigenvalue weighted by Crippen LogP contribution is 2.47. The van der Waals surface area contributed by atoms with Gasteiger partial charge in [-0.2, -0.15) is 0 Å². The molecule has 2 aliphatic rings. The Bertz CT molecular complexity index is 662. The zero-order valence-electron chi connectivity index (χ0n) is 14.4. The van der Waals surface area contributed by atoms with Crippen LogP contribution in [0.2, 0.25) is 0 Å². The van der Waals surface area contributed by atoms with Crippen LogP contribution in [0.25, 0.3) is 0 Å². The lowest BCUT2D eigenvalue weighted by atomic mass is 10.1. The number of amides is 1. The number of piperazine rings is 1. The number of aryl methyl sites for hydroxylation is 1. The lowest BCUT2D eigenvalue weighted by Gasteiger charge is -2.36. The van der Waals surface area contributed by atoms with E-state index in [0.717, 1.165) is 17.3 Å². The molecule has 7 nitrogen and oxygen atoms in total. The molecule has 7 heteroatoms. The smallest absolute Gasteiger partial charge is 0.319 e. The van der Waals surface area contributed by atoms with Crippen molar-refractivity contribution in [2.75, 3.05) is 31.1 Å². The summed E-state index contributed by atoms with van der Waals surface area (Å²) in [5.74, 6) is 0.764. The molecule has 0 unspecified atom stereocenters. The van der Waals surface area contributed by atoms with Crippen molar-refractivity contribution in [1.29, 1.82) is 0 Å². The van der Waals surface area contributed by atoms with Crippen LogP contribution < -0.4 is 4.90 Å². The molecule has 1 saturated carbocycles. The van der Waals surface area contributed by atoms with E-state index in [4.69, 9.17) is 0 Å². The number of carboxylic acid groups (broad SMARTS) is 1. The molecule has 0 aromatic carbocycles. The first kappa shape index (κ1) is 16.7. The van der Waals surface area contributed by atoms with Crippen LogP contribution in [0.4, 0.5) is 5.82 Å². The predicted molar refractivity (Wildman–Crippen MR) is 89.0 cm³/mol. The molecule has 0 atom stereocenters. The molecule has 1 aliphatic carbocycles. The van der Waals surface area contributed by atoms with Crippen LogP contribution in [0.3, 0.4) is 0 Å². The summed E-state index contributed by atoms with van der Waals surface area (Å²) >= 11 is 0.